The van der Waals surface area contributed by atoms with Gasteiger partial charge in [-0.25, -0.2) is 4.79 Å². The average Bonchev–Trinajstić information content (AvgIpc) is 2.45. The van der Waals surface area contributed by atoms with Gasteiger partial charge in [0.05, 0.1) is 19.9 Å². The fourth-order valence-corrected chi connectivity index (χ4v) is 2.63. The van der Waals surface area contributed by atoms with Gasteiger partial charge >= 0.3 is 5.97 Å². The van der Waals surface area contributed by atoms with Crippen LogP contribution in [0, 0.1) is 0 Å². The van der Waals surface area contributed by atoms with E-state index in [0.29, 0.717) is 22.9 Å². The van der Waals surface area contributed by atoms with Crippen molar-refractivity contribution in [3.63, 3.8) is 0 Å². The number of amides is 1. The number of hydrogen-bond donors (Lipinski definition) is 2. The summed E-state index contributed by atoms with van der Waals surface area (Å²) in [4.78, 5) is 26.2. The Morgan fingerprint density at radius 2 is 2.14 bits per heavy atom. The Morgan fingerprint density at radius 3 is 2.67 bits per heavy atom. The van der Waals surface area contributed by atoms with Crippen molar-refractivity contribution >= 4 is 23.6 Å². The second-order valence-corrected chi connectivity index (χ2v) is 5.13. The van der Waals surface area contributed by atoms with Gasteiger partial charge in [-0.3, -0.25) is 9.78 Å². The molecule has 0 saturated carbocycles. The van der Waals surface area contributed by atoms with Gasteiger partial charge in [-0.05, 0) is 0 Å². The lowest BCUT2D eigenvalue weighted by Crippen LogP contribution is -2.41. The van der Waals surface area contributed by atoms with Crippen molar-refractivity contribution < 1.29 is 24.2 Å². The van der Waals surface area contributed by atoms with Crippen LogP contribution in [0.3, 0.4) is 0 Å². The summed E-state index contributed by atoms with van der Waals surface area (Å²) in [6, 6.07) is 0.758. The summed E-state index contributed by atoms with van der Waals surface area (Å²) in [5.41, 5.74) is 0.661. The number of methoxy groups -OCH3 is 2. The summed E-state index contributed by atoms with van der Waals surface area (Å²) >= 11 is 1.34. The summed E-state index contributed by atoms with van der Waals surface area (Å²) in [5.74, 6) is 0.336. The van der Waals surface area contributed by atoms with E-state index in [2.05, 4.69) is 10.3 Å². The van der Waals surface area contributed by atoms with Gasteiger partial charge in [-0.1, -0.05) is 0 Å². The molecular formula is C13H18N2O5S. The third-order valence-corrected chi connectivity index (χ3v) is 3.61. The third kappa shape index (κ3) is 5.14. The number of carbonyl (C=O) groups is 2. The number of aliphatic carboxylic acids is 1. The Bertz CT molecular complexity index is 509. The molecule has 0 radical (unpaired) electrons. The molecule has 1 aromatic rings. The molecule has 0 aliphatic carbocycles. The molecule has 1 atom stereocenters. The molecular weight excluding hydrogens is 296 g/mol. The van der Waals surface area contributed by atoms with Crippen LogP contribution in [-0.2, 0) is 15.3 Å². The summed E-state index contributed by atoms with van der Waals surface area (Å²) in [7, 11) is 3.05. The second kappa shape index (κ2) is 8.35. The number of thioether (sulfide) groups is 1. The number of pyridine rings is 1. The van der Waals surface area contributed by atoms with Crippen LogP contribution in [0.25, 0.3) is 0 Å². The number of carboxylic acid groups (broad SMARTS) is 1. The lowest BCUT2D eigenvalue weighted by atomic mass is 10.3. The maximum Gasteiger partial charge on any atom is 0.327 e. The van der Waals surface area contributed by atoms with Crippen molar-refractivity contribution in [2.45, 2.75) is 18.7 Å². The molecule has 0 aliphatic heterocycles. The summed E-state index contributed by atoms with van der Waals surface area (Å²) < 4.78 is 10.4. The highest BCUT2D eigenvalue weighted by Crippen LogP contribution is 2.31. The summed E-state index contributed by atoms with van der Waals surface area (Å²) in [5, 5.41) is 11.4. The van der Waals surface area contributed by atoms with Gasteiger partial charge in [0.2, 0.25) is 5.91 Å². The molecule has 0 spiro atoms. The zero-order chi connectivity index (χ0) is 15.8. The lowest BCUT2D eigenvalue weighted by molar-refractivity contribution is -0.140. The average molecular weight is 314 g/mol. The number of aromatic nitrogens is 1. The molecule has 116 valence electrons. The fraction of sp³-hybridized carbons (Fsp3) is 0.462. The predicted molar refractivity (Wildman–Crippen MR) is 78.7 cm³/mol. The Labute approximate surface area is 127 Å². The molecule has 1 amide bonds. The van der Waals surface area contributed by atoms with Crippen LogP contribution < -0.4 is 14.8 Å². The first kappa shape index (κ1) is 17.1. The van der Waals surface area contributed by atoms with Crippen molar-refractivity contribution in [1.82, 2.24) is 10.3 Å². The molecule has 2 N–H and O–H groups in total. The van der Waals surface area contributed by atoms with E-state index in [4.69, 9.17) is 14.6 Å². The van der Waals surface area contributed by atoms with Crippen molar-refractivity contribution in [2.75, 3.05) is 20.0 Å². The second-order valence-electron chi connectivity index (χ2n) is 4.10. The molecule has 1 heterocycles. The van der Waals surface area contributed by atoms with E-state index in [9.17, 15) is 9.59 Å². The van der Waals surface area contributed by atoms with E-state index in [-0.39, 0.29) is 11.7 Å². The van der Waals surface area contributed by atoms with E-state index < -0.39 is 12.0 Å². The van der Waals surface area contributed by atoms with E-state index >= 15 is 0 Å². The number of hydrogen-bond acceptors (Lipinski definition) is 6. The summed E-state index contributed by atoms with van der Waals surface area (Å²) in [6.45, 7) is 1.28. The number of ether oxygens (including phenoxy) is 2. The monoisotopic (exact) mass is 314 g/mol. The molecule has 1 unspecified atom stereocenters. The van der Waals surface area contributed by atoms with Gasteiger partial charge in [-0.2, -0.15) is 11.8 Å². The SMILES string of the molecule is COc1ccnc(CSCC(NC(C)=O)C(=O)O)c1OC. The molecule has 21 heavy (non-hydrogen) atoms. The Balaban J connectivity index is 2.66. The first-order chi connectivity index (χ1) is 9.99. The van der Waals surface area contributed by atoms with Crippen LogP contribution in [-0.4, -0.2) is 48.0 Å². The Hall–Kier alpha value is -1.96. The van der Waals surface area contributed by atoms with Crippen LogP contribution in [0.2, 0.25) is 0 Å². The van der Waals surface area contributed by atoms with E-state index in [1.807, 2.05) is 0 Å². The largest absolute Gasteiger partial charge is 0.493 e. The van der Waals surface area contributed by atoms with E-state index in [0.717, 1.165) is 0 Å². The number of nitrogens with one attached hydrogen (secondary N) is 1. The van der Waals surface area contributed by atoms with Crippen LogP contribution in [0.4, 0.5) is 0 Å². The minimum atomic E-state index is -1.07. The van der Waals surface area contributed by atoms with Gasteiger partial charge in [0, 0.05) is 30.7 Å². The molecule has 7 nitrogen and oxygen atoms in total. The Morgan fingerprint density at radius 1 is 1.43 bits per heavy atom. The van der Waals surface area contributed by atoms with E-state index in [1.165, 1.54) is 32.9 Å². The van der Waals surface area contributed by atoms with Crippen molar-refractivity contribution in [3.05, 3.63) is 18.0 Å². The molecule has 1 rings (SSSR count). The quantitative estimate of drug-likeness (QED) is 0.736. The van der Waals surface area contributed by atoms with Crippen LogP contribution in [0.15, 0.2) is 12.3 Å². The van der Waals surface area contributed by atoms with Crippen LogP contribution >= 0.6 is 11.8 Å². The highest BCUT2D eigenvalue weighted by Gasteiger charge is 2.19. The normalized spacial score (nSPS) is 11.6. The smallest absolute Gasteiger partial charge is 0.327 e. The van der Waals surface area contributed by atoms with Gasteiger partial charge in [0.1, 0.15) is 6.04 Å². The maximum atomic E-state index is 11.0. The van der Waals surface area contributed by atoms with Gasteiger partial charge in [0.15, 0.2) is 11.5 Å². The number of carbonyl (C=O) groups excluding carboxylic acids is 1. The van der Waals surface area contributed by atoms with Gasteiger partial charge in [-0.15, -0.1) is 0 Å². The first-order valence-corrected chi connectivity index (χ1v) is 7.28. The predicted octanol–water partition coefficient (Wildman–Crippen LogP) is 0.921. The van der Waals surface area contributed by atoms with Crippen LogP contribution in [0.5, 0.6) is 11.5 Å². The molecule has 0 saturated heterocycles. The fourth-order valence-electron chi connectivity index (χ4n) is 1.65. The summed E-state index contributed by atoms with van der Waals surface area (Å²) in [6.07, 6.45) is 1.60. The number of carboxylic acids is 1. The molecule has 0 bridgehead atoms. The molecule has 0 aromatic carbocycles. The molecule has 8 heteroatoms. The lowest BCUT2D eigenvalue weighted by Gasteiger charge is -2.14. The van der Waals surface area contributed by atoms with Crippen molar-refractivity contribution in [2.24, 2.45) is 0 Å². The Kier molecular flexibility index (Phi) is 6.80. The number of nitrogens with zero attached hydrogens (tertiary/aromatic N) is 1. The molecule has 0 fully saturated rings. The third-order valence-electron chi connectivity index (χ3n) is 2.57. The van der Waals surface area contributed by atoms with Crippen molar-refractivity contribution in [1.29, 1.82) is 0 Å². The van der Waals surface area contributed by atoms with Crippen molar-refractivity contribution in [3.8, 4) is 11.5 Å². The minimum absolute atomic E-state index is 0.233. The highest BCUT2D eigenvalue weighted by molar-refractivity contribution is 7.98. The standard InChI is InChI=1S/C13H18N2O5S/c1-8(16)15-10(13(17)18)7-21-6-9-12(20-3)11(19-2)4-5-14-9/h4-5,10H,6-7H2,1-3H3,(H,15,16)(H,17,18). The molecule has 1 aromatic heterocycles. The van der Waals surface area contributed by atoms with Gasteiger partial charge < -0.3 is 19.9 Å². The highest BCUT2D eigenvalue weighted by atomic mass is 32.2. The van der Waals surface area contributed by atoms with Crippen LogP contribution in [0.1, 0.15) is 12.6 Å². The number of rotatable bonds is 8. The van der Waals surface area contributed by atoms with E-state index in [1.54, 1.807) is 12.3 Å². The first-order valence-electron chi connectivity index (χ1n) is 6.13. The zero-order valence-corrected chi connectivity index (χ0v) is 12.9. The zero-order valence-electron chi connectivity index (χ0n) is 12.1. The molecule has 0 aliphatic rings. The maximum absolute atomic E-state index is 11.0. The van der Waals surface area contributed by atoms with Gasteiger partial charge in [0.25, 0.3) is 0 Å². The topological polar surface area (TPSA) is 97.8 Å². The minimum Gasteiger partial charge on any atom is -0.493 e.